The molecule has 0 aliphatic rings. The lowest BCUT2D eigenvalue weighted by molar-refractivity contribution is 0.715. The van der Waals surface area contributed by atoms with Gasteiger partial charge in [0, 0.05) is 4.47 Å². The topological polar surface area (TPSA) is 60.7 Å². The van der Waals surface area contributed by atoms with Gasteiger partial charge in [-0.15, -0.1) is 5.10 Å². The van der Waals surface area contributed by atoms with E-state index in [0.717, 1.165) is 4.47 Å². The zero-order valence-corrected chi connectivity index (χ0v) is 12.5. The second kappa shape index (κ2) is 5.30. The summed E-state index contributed by atoms with van der Waals surface area (Å²) in [5, 5.41) is 8.57. The fourth-order valence-corrected chi connectivity index (χ4v) is 2.31. The van der Waals surface area contributed by atoms with Gasteiger partial charge in [-0.3, -0.25) is 9.36 Å². The summed E-state index contributed by atoms with van der Waals surface area (Å²) in [5.74, 6) is 0. The van der Waals surface area contributed by atoms with Crippen LogP contribution in [-0.4, -0.2) is 19.7 Å². The van der Waals surface area contributed by atoms with Crippen molar-refractivity contribution in [2.75, 3.05) is 0 Å². The van der Waals surface area contributed by atoms with Crippen LogP contribution < -0.4 is 5.56 Å². The summed E-state index contributed by atoms with van der Waals surface area (Å²) in [6, 6.07) is 8.78. The highest BCUT2D eigenvalue weighted by molar-refractivity contribution is 9.10. The highest BCUT2D eigenvalue weighted by Crippen LogP contribution is 2.15. The molecule has 0 bridgehead atoms. The van der Waals surface area contributed by atoms with Crippen molar-refractivity contribution in [3.8, 4) is 0 Å². The minimum Gasteiger partial charge on any atom is -0.293 e. The molecule has 20 heavy (non-hydrogen) atoms. The zero-order valence-electron chi connectivity index (χ0n) is 10.1. The molecule has 0 saturated carbocycles. The van der Waals surface area contributed by atoms with E-state index >= 15 is 0 Å². The van der Waals surface area contributed by atoms with Crippen molar-refractivity contribution < 1.29 is 0 Å². The van der Waals surface area contributed by atoms with Crippen molar-refractivity contribution in [1.29, 1.82) is 0 Å². The smallest absolute Gasteiger partial charge is 0.261 e. The molecule has 2 heterocycles. The summed E-state index contributed by atoms with van der Waals surface area (Å²) in [7, 11) is 0. The van der Waals surface area contributed by atoms with Gasteiger partial charge in [0.15, 0.2) is 5.15 Å². The van der Waals surface area contributed by atoms with Crippen LogP contribution in [0.15, 0.2) is 45.9 Å². The van der Waals surface area contributed by atoms with E-state index in [1.165, 1.54) is 10.9 Å². The van der Waals surface area contributed by atoms with Gasteiger partial charge < -0.3 is 0 Å². The van der Waals surface area contributed by atoms with E-state index in [1.54, 1.807) is 24.3 Å². The van der Waals surface area contributed by atoms with Crippen LogP contribution in [0.1, 0.15) is 5.69 Å². The van der Waals surface area contributed by atoms with Crippen LogP contribution in [0.2, 0.25) is 5.15 Å². The van der Waals surface area contributed by atoms with Crippen molar-refractivity contribution >= 4 is 38.4 Å². The van der Waals surface area contributed by atoms with Crippen LogP contribution in [0.5, 0.6) is 0 Å². The number of fused-ring (bicyclic) bond motifs is 1. The first kappa shape index (κ1) is 13.2. The van der Waals surface area contributed by atoms with Gasteiger partial charge in [0.25, 0.3) is 5.56 Å². The van der Waals surface area contributed by atoms with Gasteiger partial charge in [0.05, 0.1) is 29.5 Å². The van der Waals surface area contributed by atoms with E-state index in [-0.39, 0.29) is 5.56 Å². The Bertz CT molecular complexity index is 832. The van der Waals surface area contributed by atoms with Crippen LogP contribution in [0.25, 0.3) is 10.9 Å². The molecule has 0 aliphatic heterocycles. The summed E-state index contributed by atoms with van der Waals surface area (Å²) >= 11 is 9.03. The van der Waals surface area contributed by atoms with Crippen LogP contribution in [0.3, 0.4) is 0 Å². The van der Waals surface area contributed by atoms with E-state index in [0.29, 0.717) is 28.3 Å². The van der Waals surface area contributed by atoms with Crippen molar-refractivity contribution in [2.24, 2.45) is 0 Å². The van der Waals surface area contributed by atoms with Gasteiger partial charge in [0.1, 0.15) is 0 Å². The maximum absolute atomic E-state index is 12.4. The first-order chi connectivity index (χ1) is 9.63. The molecule has 0 atom stereocenters. The second-order valence-corrected chi connectivity index (χ2v) is 5.49. The number of benzene rings is 1. The average Bonchev–Trinajstić information content (AvgIpc) is 2.45. The van der Waals surface area contributed by atoms with E-state index < -0.39 is 0 Å². The van der Waals surface area contributed by atoms with Crippen molar-refractivity contribution in [3.63, 3.8) is 0 Å². The van der Waals surface area contributed by atoms with E-state index in [9.17, 15) is 4.79 Å². The third kappa shape index (κ3) is 2.57. The molecule has 5 nitrogen and oxygen atoms in total. The molecule has 3 aromatic rings. The summed E-state index contributed by atoms with van der Waals surface area (Å²) in [4.78, 5) is 16.6. The summed E-state index contributed by atoms with van der Waals surface area (Å²) < 4.78 is 2.33. The molecule has 100 valence electrons. The molecular formula is C13H8BrClN4O. The molecule has 0 aliphatic carbocycles. The lowest BCUT2D eigenvalue weighted by Crippen LogP contribution is -2.21. The summed E-state index contributed by atoms with van der Waals surface area (Å²) in [6.45, 7) is 0.304. The molecule has 0 saturated heterocycles. The lowest BCUT2D eigenvalue weighted by Gasteiger charge is -2.06. The number of nitrogens with zero attached hydrogens (tertiary/aromatic N) is 4. The van der Waals surface area contributed by atoms with Crippen molar-refractivity contribution in [3.05, 3.63) is 62.3 Å². The Morgan fingerprint density at radius 3 is 2.80 bits per heavy atom. The highest BCUT2D eigenvalue weighted by atomic mass is 79.9. The largest absolute Gasteiger partial charge is 0.293 e. The van der Waals surface area contributed by atoms with Gasteiger partial charge in [-0.1, -0.05) is 27.5 Å². The molecule has 3 rings (SSSR count). The fourth-order valence-electron chi connectivity index (χ4n) is 1.85. The fraction of sp³-hybridized carbons (Fsp3) is 0.0769. The number of rotatable bonds is 2. The lowest BCUT2D eigenvalue weighted by atomic mass is 10.2. The van der Waals surface area contributed by atoms with E-state index in [2.05, 4.69) is 31.1 Å². The highest BCUT2D eigenvalue weighted by Gasteiger charge is 2.06. The van der Waals surface area contributed by atoms with E-state index in [1.807, 2.05) is 6.07 Å². The van der Waals surface area contributed by atoms with Crippen LogP contribution >= 0.6 is 27.5 Å². The molecule has 0 radical (unpaired) electrons. The molecule has 7 heteroatoms. The maximum Gasteiger partial charge on any atom is 0.261 e. The van der Waals surface area contributed by atoms with Crippen LogP contribution in [0, 0.1) is 0 Å². The minimum absolute atomic E-state index is 0.118. The second-order valence-electron chi connectivity index (χ2n) is 4.19. The Balaban J connectivity index is 2.06. The van der Waals surface area contributed by atoms with Crippen LogP contribution in [-0.2, 0) is 6.54 Å². The molecular weight excluding hydrogens is 344 g/mol. The SMILES string of the molecule is O=c1c2cc(Br)ccc2ncn1Cc1ccc(Cl)nn1. The summed E-state index contributed by atoms with van der Waals surface area (Å²) in [6.07, 6.45) is 1.51. The number of halogens is 2. The Morgan fingerprint density at radius 1 is 1.20 bits per heavy atom. The first-order valence-corrected chi connectivity index (χ1v) is 6.93. The molecule has 0 amide bonds. The van der Waals surface area contributed by atoms with Gasteiger partial charge in [-0.05, 0) is 30.3 Å². The zero-order chi connectivity index (χ0) is 14.1. The quantitative estimate of drug-likeness (QED) is 0.712. The minimum atomic E-state index is -0.118. The first-order valence-electron chi connectivity index (χ1n) is 5.76. The van der Waals surface area contributed by atoms with Crippen LogP contribution in [0.4, 0.5) is 0 Å². The monoisotopic (exact) mass is 350 g/mol. The van der Waals surface area contributed by atoms with Gasteiger partial charge in [0.2, 0.25) is 0 Å². The Kier molecular flexibility index (Phi) is 3.50. The Hall–Kier alpha value is -1.79. The number of aromatic nitrogens is 4. The molecule has 0 unspecified atom stereocenters. The molecule has 0 spiro atoms. The molecule has 0 N–H and O–H groups in total. The molecule has 2 aromatic heterocycles. The predicted octanol–water partition coefficient (Wildman–Crippen LogP) is 2.65. The maximum atomic E-state index is 12.4. The average molecular weight is 352 g/mol. The van der Waals surface area contributed by atoms with Gasteiger partial charge >= 0.3 is 0 Å². The number of hydrogen-bond donors (Lipinski definition) is 0. The Morgan fingerprint density at radius 2 is 2.05 bits per heavy atom. The predicted molar refractivity (Wildman–Crippen MR) is 79.8 cm³/mol. The normalized spacial score (nSPS) is 10.9. The van der Waals surface area contributed by atoms with Crippen molar-refractivity contribution in [2.45, 2.75) is 6.54 Å². The third-order valence-electron chi connectivity index (χ3n) is 2.81. The third-order valence-corrected chi connectivity index (χ3v) is 3.50. The molecule has 1 aromatic carbocycles. The molecule has 0 fully saturated rings. The van der Waals surface area contributed by atoms with Crippen molar-refractivity contribution in [1.82, 2.24) is 19.7 Å². The van der Waals surface area contributed by atoms with Gasteiger partial charge in [-0.25, -0.2) is 4.98 Å². The number of hydrogen-bond acceptors (Lipinski definition) is 4. The summed E-state index contributed by atoms with van der Waals surface area (Å²) in [5.41, 5.74) is 1.19. The van der Waals surface area contributed by atoms with Gasteiger partial charge in [-0.2, -0.15) is 5.10 Å². The van der Waals surface area contributed by atoms with E-state index in [4.69, 9.17) is 11.6 Å². The Labute approximate surface area is 127 Å². The standard InChI is InChI=1S/C13H8BrClN4O/c14-8-1-3-11-10(5-8)13(20)19(7-16-11)6-9-2-4-12(15)18-17-9/h1-5,7H,6H2.